The molecule has 1 aliphatic heterocycles. The molecule has 0 aromatic carbocycles. The highest BCUT2D eigenvalue weighted by Crippen LogP contribution is 2.27. The van der Waals surface area contributed by atoms with E-state index in [1.54, 1.807) is 17.0 Å². The average molecular weight is 303 g/mol. The number of carbonyl (C=O) groups excluding carboxylic acids is 1. The molecule has 3 rings (SSSR count). The minimum atomic E-state index is -0.590. The molecule has 0 aliphatic carbocycles. The summed E-state index contributed by atoms with van der Waals surface area (Å²) in [5, 5.41) is 0. The molecule has 9 heteroatoms. The van der Waals surface area contributed by atoms with Crippen LogP contribution in [0.3, 0.4) is 0 Å². The van der Waals surface area contributed by atoms with Crippen LogP contribution in [0.4, 0.5) is 5.82 Å². The summed E-state index contributed by atoms with van der Waals surface area (Å²) >= 11 is 0. The molecule has 3 heterocycles. The van der Waals surface area contributed by atoms with Crippen LogP contribution in [0.2, 0.25) is 0 Å². The molecule has 0 spiro atoms. The van der Waals surface area contributed by atoms with Crippen molar-refractivity contribution in [2.75, 3.05) is 20.0 Å². The van der Waals surface area contributed by atoms with Gasteiger partial charge in [-0.05, 0) is 6.08 Å². The molecule has 2 aromatic heterocycles. The number of aromatic nitrogens is 4. The number of esters is 1. The largest absolute Gasteiger partial charge is 0.490 e. The number of allylic oxidation sites excluding steroid dienone is 1. The Labute approximate surface area is 125 Å². The van der Waals surface area contributed by atoms with Gasteiger partial charge < -0.3 is 24.5 Å². The number of anilines is 1. The molecule has 0 unspecified atom stereocenters. The zero-order valence-electron chi connectivity index (χ0n) is 11.9. The van der Waals surface area contributed by atoms with Crippen molar-refractivity contribution in [3.63, 3.8) is 0 Å². The summed E-state index contributed by atoms with van der Waals surface area (Å²) in [7, 11) is 2.81. The summed E-state index contributed by atoms with van der Waals surface area (Å²) in [5.74, 6) is 0.297. The van der Waals surface area contributed by atoms with Gasteiger partial charge in [-0.25, -0.2) is 19.7 Å². The average Bonchev–Trinajstić information content (AvgIpc) is 3.06. The van der Waals surface area contributed by atoms with Crippen LogP contribution in [-0.4, -0.2) is 39.7 Å². The van der Waals surface area contributed by atoms with E-state index in [9.17, 15) is 4.79 Å². The smallest absolute Gasteiger partial charge is 0.383 e. The number of cyclic esters (lactones) is 1. The van der Waals surface area contributed by atoms with E-state index in [1.165, 1.54) is 20.5 Å². The number of nitrogens with zero attached hydrogens (tertiary/aromatic N) is 4. The molecule has 9 nitrogen and oxygen atoms in total. The second-order valence-electron chi connectivity index (χ2n) is 4.35. The topological polar surface area (TPSA) is 114 Å². The molecule has 2 N–H and O–H groups in total. The second-order valence-corrected chi connectivity index (χ2v) is 4.35. The predicted octanol–water partition coefficient (Wildman–Crippen LogP) is 0.354. The molecule has 0 saturated carbocycles. The maximum atomic E-state index is 11.6. The molecule has 0 fully saturated rings. The molecule has 0 atom stereocenters. The minimum absolute atomic E-state index is 0.0378. The van der Waals surface area contributed by atoms with E-state index in [4.69, 9.17) is 19.9 Å². The third-order valence-electron chi connectivity index (χ3n) is 3.13. The zero-order chi connectivity index (χ0) is 15.7. The summed E-state index contributed by atoms with van der Waals surface area (Å²) < 4.78 is 17.0. The van der Waals surface area contributed by atoms with Crippen molar-refractivity contribution in [1.29, 1.82) is 0 Å². The number of imidazole rings is 1. The molecular formula is C13H13N5O4. The highest BCUT2D eigenvalue weighted by molar-refractivity contribution is 5.91. The van der Waals surface area contributed by atoms with Crippen molar-refractivity contribution in [3.05, 3.63) is 36.0 Å². The quantitative estimate of drug-likeness (QED) is 0.805. The van der Waals surface area contributed by atoms with Crippen molar-refractivity contribution < 1.29 is 19.0 Å². The van der Waals surface area contributed by atoms with Crippen LogP contribution in [0.5, 0.6) is 0 Å². The molecular weight excluding hydrogens is 290 g/mol. The Morgan fingerprint density at radius 3 is 2.77 bits per heavy atom. The van der Waals surface area contributed by atoms with Crippen molar-refractivity contribution >= 4 is 23.0 Å². The first-order valence-electron chi connectivity index (χ1n) is 6.32. The van der Waals surface area contributed by atoms with Crippen LogP contribution >= 0.6 is 0 Å². The Kier molecular flexibility index (Phi) is 3.37. The van der Waals surface area contributed by atoms with Gasteiger partial charge in [0.25, 0.3) is 5.76 Å². The Balaban J connectivity index is 1.92. The van der Waals surface area contributed by atoms with Gasteiger partial charge in [-0.3, -0.25) is 0 Å². The predicted molar refractivity (Wildman–Crippen MR) is 75.0 cm³/mol. The van der Waals surface area contributed by atoms with Gasteiger partial charge in [-0.15, -0.1) is 0 Å². The Bertz CT molecular complexity index is 808. The minimum Gasteiger partial charge on any atom is -0.490 e. The molecule has 22 heavy (non-hydrogen) atoms. The van der Waals surface area contributed by atoms with E-state index in [2.05, 4.69) is 15.0 Å². The first-order chi connectivity index (χ1) is 10.7. The van der Waals surface area contributed by atoms with Crippen LogP contribution in [0.25, 0.3) is 11.2 Å². The molecule has 0 amide bonds. The molecule has 114 valence electrons. The van der Waals surface area contributed by atoms with Gasteiger partial charge in [0, 0.05) is 6.54 Å². The van der Waals surface area contributed by atoms with Gasteiger partial charge in [0.05, 0.1) is 20.5 Å². The third kappa shape index (κ3) is 2.12. The molecule has 0 saturated heterocycles. The van der Waals surface area contributed by atoms with E-state index in [0.29, 0.717) is 23.5 Å². The Hall–Kier alpha value is -3.10. The third-order valence-corrected chi connectivity index (χ3v) is 3.13. The van der Waals surface area contributed by atoms with Crippen molar-refractivity contribution in [1.82, 2.24) is 19.5 Å². The fraction of sp³-hybridized carbons (Fsp3) is 0.231. The van der Waals surface area contributed by atoms with Crippen LogP contribution in [-0.2, 0) is 25.5 Å². The molecule has 0 bridgehead atoms. The van der Waals surface area contributed by atoms with E-state index < -0.39 is 5.97 Å². The maximum Gasteiger partial charge on any atom is 0.383 e. The van der Waals surface area contributed by atoms with Crippen molar-refractivity contribution in [2.24, 2.45) is 0 Å². The summed E-state index contributed by atoms with van der Waals surface area (Å²) in [6, 6.07) is 0. The normalized spacial score (nSPS) is 16.5. The molecule has 0 radical (unpaired) electrons. The maximum absolute atomic E-state index is 11.6. The number of rotatable bonds is 4. The number of hydrogen-bond donors (Lipinski definition) is 1. The number of ether oxygens (including phenoxy) is 3. The van der Waals surface area contributed by atoms with E-state index in [-0.39, 0.29) is 17.3 Å². The number of hydrogen-bond acceptors (Lipinski definition) is 8. The lowest BCUT2D eigenvalue weighted by Gasteiger charge is -2.03. The van der Waals surface area contributed by atoms with Gasteiger partial charge in [0.1, 0.15) is 11.8 Å². The highest BCUT2D eigenvalue weighted by Gasteiger charge is 2.32. The monoisotopic (exact) mass is 303 g/mol. The van der Waals surface area contributed by atoms with Crippen LogP contribution in [0.15, 0.2) is 36.0 Å². The summed E-state index contributed by atoms with van der Waals surface area (Å²) in [4.78, 5) is 23.8. The first-order valence-corrected chi connectivity index (χ1v) is 6.32. The van der Waals surface area contributed by atoms with Crippen LogP contribution in [0, 0.1) is 0 Å². The Morgan fingerprint density at radius 1 is 1.27 bits per heavy atom. The second kappa shape index (κ2) is 5.35. The number of fused-ring (bicyclic) bond motifs is 1. The van der Waals surface area contributed by atoms with Crippen molar-refractivity contribution in [2.45, 2.75) is 6.54 Å². The zero-order valence-corrected chi connectivity index (χ0v) is 11.9. The van der Waals surface area contributed by atoms with E-state index >= 15 is 0 Å². The molecule has 2 aromatic rings. The van der Waals surface area contributed by atoms with E-state index in [0.717, 1.165) is 0 Å². The lowest BCUT2D eigenvalue weighted by molar-refractivity contribution is -0.136. The van der Waals surface area contributed by atoms with Gasteiger partial charge in [0.15, 0.2) is 17.2 Å². The van der Waals surface area contributed by atoms with Gasteiger partial charge >= 0.3 is 5.97 Å². The van der Waals surface area contributed by atoms with Crippen LogP contribution < -0.4 is 5.73 Å². The van der Waals surface area contributed by atoms with E-state index in [1.807, 2.05) is 0 Å². The van der Waals surface area contributed by atoms with Gasteiger partial charge in [-0.2, -0.15) is 0 Å². The van der Waals surface area contributed by atoms with Gasteiger partial charge in [0.2, 0.25) is 5.76 Å². The van der Waals surface area contributed by atoms with Crippen molar-refractivity contribution in [3.8, 4) is 0 Å². The summed E-state index contributed by atoms with van der Waals surface area (Å²) in [6.07, 6.45) is 4.61. The SMILES string of the molecule is COC1=C(OC)/C(=C/Cn2cnc3c(N)ncnc32)OC1=O. The molecule has 1 aliphatic rings. The lowest BCUT2D eigenvalue weighted by Crippen LogP contribution is -2.01. The number of methoxy groups -OCH3 is 2. The summed E-state index contributed by atoms with van der Waals surface area (Å²) in [5.41, 5.74) is 6.83. The first kappa shape index (κ1) is 13.9. The highest BCUT2D eigenvalue weighted by atomic mass is 16.6. The van der Waals surface area contributed by atoms with Gasteiger partial charge in [-0.1, -0.05) is 0 Å². The number of nitrogens with two attached hydrogens (primary N) is 1. The number of nitrogen functional groups attached to an aromatic ring is 1. The fourth-order valence-corrected chi connectivity index (χ4v) is 2.11. The summed E-state index contributed by atoms with van der Waals surface area (Å²) in [6.45, 7) is 0.361. The van der Waals surface area contributed by atoms with Crippen LogP contribution in [0.1, 0.15) is 0 Å². The standard InChI is InChI=1S/C13H13N5O4/c1-20-9-7(22-13(19)10(9)21-2)3-4-18-6-17-8-11(14)15-5-16-12(8)18/h3,5-6H,4H2,1-2H3,(H2,14,15,16)/b7-3-. The lowest BCUT2D eigenvalue weighted by atomic mass is 10.3. The Morgan fingerprint density at radius 2 is 2.05 bits per heavy atom. The number of carbonyl (C=O) groups is 1. The fourth-order valence-electron chi connectivity index (χ4n) is 2.11.